The van der Waals surface area contributed by atoms with Crippen LogP contribution in [0.4, 0.5) is 0 Å². The molecular formula is C48H66N2O5S. The van der Waals surface area contributed by atoms with Crippen LogP contribution in [0.3, 0.4) is 0 Å². The summed E-state index contributed by atoms with van der Waals surface area (Å²) >= 11 is 0. The molecule has 4 atom stereocenters. The predicted molar refractivity (Wildman–Crippen MR) is 229 cm³/mol. The van der Waals surface area contributed by atoms with Gasteiger partial charge in [-0.15, -0.1) is 0 Å². The summed E-state index contributed by atoms with van der Waals surface area (Å²) in [5.41, 5.74) is 5.79. The number of nitrogens with zero attached hydrogens (tertiary/aromatic N) is 1. The van der Waals surface area contributed by atoms with Crippen molar-refractivity contribution in [3.8, 4) is 11.1 Å². The second-order valence-corrected chi connectivity index (χ2v) is 17.4. The van der Waals surface area contributed by atoms with Crippen LogP contribution in [0.1, 0.15) is 132 Å². The third kappa shape index (κ3) is 13.4. The van der Waals surface area contributed by atoms with E-state index in [2.05, 4.69) is 66.8 Å². The number of ether oxygens (including phenoxy) is 2. The minimum Gasteiger partial charge on any atom is -0.392 e. The van der Waals surface area contributed by atoms with Crippen LogP contribution in [0.15, 0.2) is 108 Å². The van der Waals surface area contributed by atoms with Gasteiger partial charge in [-0.2, -0.15) is 0 Å². The topological polar surface area (TPSA) is 88.1 Å². The van der Waals surface area contributed by atoms with Crippen LogP contribution in [0.2, 0.25) is 0 Å². The number of benzene rings is 4. The Hall–Kier alpha value is -3.37. The van der Waals surface area contributed by atoms with Gasteiger partial charge < -0.3 is 19.5 Å². The second kappa shape index (κ2) is 23.1. The maximum atomic E-state index is 12.9. The Labute approximate surface area is 337 Å². The van der Waals surface area contributed by atoms with Crippen molar-refractivity contribution in [3.63, 3.8) is 0 Å². The first-order valence-corrected chi connectivity index (χ1v) is 22.8. The van der Waals surface area contributed by atoms with E-state index in [0.717, 1.165) is 53.0 Å². The van der Waals surface area contributed by atoms with Gasteiger partial charge >= 0.3 is 0 Å². The zero-order chi connectivity index (χ0) is 39.6. The molecule has 56 heavy (non-hydrogen) atoms. The highest BCUT2D eigenvalue weighted by Crippen LogP contribution is 2.42. The summed E-state index contributed by atoms with van der Waals surface area (Å²) < 4.78 is 42.4. The molecule has 0 unspecified atom stereocenters. The highest BCUT2D eigenvalue weighted by atomic mass is 32.2. The minimum atomic E-state index is -3.63. The van der Waals surface area contributed by atoms with Gasteiger partial charge in [-0.1, -0.05) is 164 Å². The molecule has 4 aromatic rings. The molecule has 1 heterocycles. The van der Waals surface area contributed by atoms with Gasteiger partial charge in [0.25, 0.3) is 0 Å². The van der Waals surface area contributed by atoms with Gasteiger partial charge in [-0.05, 0) is 78.0 Å². The van der Waals surface area contributed by atoms with Crippen LogP contribution >= 0.6 is 0 Å². The Bertz CT molecular complexity index is 1800. The van der Waals surface area contributed by atoms with Gasteiger partial charge in [-0.25, -0.2) is 13.1 Å². The van der Waals surface area contributed by atoms with Crippen molar-refractivity contribution in [2.75, 3.05) is 19.6 Å². The maximum absolute atomic E-state index is 12.9. The van der Waals surface area contributed by atoms with Crippen LogP contribution in [0.5, 0.6) is 0 Å². The van der Waals surface area contributed by atoms with Crippen LogP contribution < -0.4 is 4.72 Å². The van der Waals surface area contributed by atoms with Crippen LogP contribution in [-0.2, 0) is 32.6 Å². The standard InChI is InChI=1S/C48H66N2O5S/c1-4-6-8-10-12-17-31-50(32-18-13-11-9-7-5-2)36-46-38(3)47(41-29-27-39(37-51)28-30-41)55-48(54-46)44-24-20-23-43(34-44)42-22-19-21-40(33-42)35-49-56(52,53)45-25-15-14-16-26-45/h14-16,19-30,33-34,38,46-49,51H,4-13,17-18,31-32,35-37H2,1-3H3/t38-,46+,47+,48+/m1/s1. The molecule has 0 bridgehead atoms. The summed E-state index contributed by atoms with van der Waals surface area (Å²) in [6, 6.07) is 32.9. The molecule has 2 N–H and O–H groups in total. The summed E-state index contributed by atoms with van der Waals surface area (Å²) in [6.45, 7) is 10.0. The molecule has 0 aromatic heterocycles. The lowest BCUT2D eigenvalue weighted by Gasteiger charge is -2.43. The number of aliphatic hydroxyl groups is 1. The molecule has 4 aromatic carbocycles. The Morgan fingerprint density at radius 2 is 1.25 bits per heavy atom. The van der Waals surface area contributed by atoms with E-state index in [-0.39, 0.29) is 36.2 Å². The number of hydrogen-bond donors (Lipinski definition) is 2. The summed E-state index contributed by atoms with van der Waals surface area (Å²) in [5, 5.41) is 9.75. The average Bonchev–Trinajstić information content (AvgIpc) is 3.23. The van der Waals surface area contributed by atoms with Crippen molar-refractivity contribution < 1.29 is 23.0 Å². The summed E-state index contributed by atoms with van der Waals surface area (Å²) in [4.78, 5) is 2.91. The minimum absolute atomic E-state index is 0.00839. The number of nitrogens with one attached hydrogen (secondary N) is 1. The van der Waals surface area contributed by atoms with Gasteiger partial charge in [0.1, 0.15) is 0 Å². The third-order valence-corrected chi connectivity index (χ3v) is 12.6. The van der Waals surface area contributed by atoms with Gasteiger partial charge in [0.15, 0.2) is 6.29 Å². The lowest BCUT2D eigenvalue weighted by Crippen LogP contribution is -2.45. The van der Waals surface area contributed by atoms with Gasteiger partial charge in [0, 0.05) is 24.6 Å². The first-order chi connectivity index (χ1) is 27.3. The highest BCUT2D eigenvalue weighted by Gasteiger charge is 2.39. The van der Waals surface area contributed by atoms with E-state index in [0.29, 0.717) is 0 Å². The number of aliphatic hydroxyl groups excluding tert-OH is 1. The molecule has 0 radical (unpaired) electrons. The summed E-state index contributed by atoms with van der Waals surface area (Å²) in [6.07, 6.45) is 14.6. The normalized spacial score (nSPS) is 18.7. The van der Waals surface area contributed by atoms with Gasteiger partial charge in [0.2, 0.25) is 10.0 Å². The first-order valence-electron chi connectivity index (χ1n) is 21.3. The highest BCUT2D eigenvalue weighted by molar-refractivity contribution is 7.89. The molecule has 5 rings (SSSR count). The molecule has 0 aliphatic carbocycles. The van der Waals surface area contributed by atoms with Crippen molar-refractivity contribution in [2.24, 2.45) is 5.92 Å². The Balaban J connectivity index is 1.34. The summed E-state index contributed by atoms with van der Waals surface area (Å²) in [7, 11) is -3.63. The van der Waals surface area contributed by atoms with Crippen molar-refractivity contribution in [2.45, 2.75) is 134 Å². The molecule has 8 heteroatoms. The number of sulfonamides is 1. The maximum Gasteiger partial charge on any atom is 0.240 e. The molecule has 7 nitrogen and oxygen atoms in total. The van der Waals surface area contributed by atoms with E-state index in [1.807, 2.05) is 36.4 Å². The van der Waals surface area contributed by atoms with E-state index in [1.54, 1.807) is 30.3 Å². The molecule has 0 saturated carbocycles. The number of rotatable bonds is 24. The first kappa shape index (κ1) is 43.7. The second-order valence-electron chi connectivity index (χ2n) is 15.6. The van der Waals surface area contributed by atoms with Gasteiger partial charge in [-0.3, -0.25) is 0 Å². The zero-order valence-electron chi connectivity index (χ0n) is 34.1. The fraction of sp³-hybridized carbons (Fsp3) is 0.500. The van der Waals surface area contributed by atoms with E-state index < -0.39 is 16.3 Å². The van der Waals surface area contributed by atoms with Crippen LogP contribution in [-0.4, -0.2) is 44.2 Å². The van der Waals surface area contributed by atoms with Crippen LogP contribution in [0, 0.1) is 5.92 Å². The smallest absolute Gasteiger partial charge is 0.240 e. The zero-order valence-corrected chi connectivity index (χ0v) is 34.9. The average molecular weight is 783 g/mol. The van der Waals surface area contributed by atoms with Crippen molar-refractivity contribution >= 4 is 10.0 Å². The Morgan fingerprint density at radius 3 is 1.89 bits per heavy atom. The largest absolute Gasteiger partial charge is 0.392 e. The van der Waals surface area contributed by atoms with Crippen molar-refractivity contribution in [1.82, 2.24) is 9.62 Å². The lowest BCUT2D eigenvalue weighted by atomic mass is 9.89. The van der Waals surface area contributed by atoms with Crippen LogP contribution in [0.25, 0.3) is 11.1 Å². The van der Waals surface area contributed by atoms with E-state index in [4.69, 9.17) is 9.47 Å². The monoisotopic (exact) mass is 782 g/mol. The van der Waals surface area contributed by atoms with E-state index >= 15 is 0 Å². The molecule has 0 spiro atoms. The predicted octanol–water partition coefficient (Wildman–Crippen LogP) is 11.1. The molecular weight excluding hydrogens is 717 g/mol. The van der Waals surface area contributed by atoms with Crippen molar-refractivity contribution in [1.29, 1.82) is 0 Å². The SMILES string of the molecule is CCCCCCCCN(CCCCCCCC)C[C@@H]1O[C@H](c2cccc(-c3cccc(CNS(=O)(=O)c4ccccc4)c3)c2)O[C@H](c2ccc(CO)cc2)[C@@H]1C. The molecule has 1 fully saturated rings. The van der Waals surface area contributed by atoms with Crippen molar-refractivity contribution in [3.05, 3.63) is 125 Å². The lowest BCUT2D eigenvalue weighted by molar-refractivity contribution is -0.276. The Kier molecular flexibility index (Phi) is 18.1. The molecule has 304 valence electrons. The van der Waals surface area contributed by atoms with E-state index in [1.165, 1.54) is 77.0 Å². The quantitative estimate of drug-likeness (QED) is 0.0688. The molecule has 0 amide bonds. The number of hydrogen-bond acceptors (Lipinski definition) is 6. The fourth-order valence-electron chi connectivity index (χ4n) is 7.70. The third-order valence-electron chi connectivity index (χ3n) is 11.2. The molecule has 1 saturated heterocycles. The molecule has 1 aliphatic rings. The van der Waals surface area contributed by atoms with Gasteiger partial charge in [0.05, 0.1) is 23.7 Å². The molecule has 1 aliphatic heterocycles. The Morgan fingerprint density at radius 1 is 0.643 bits per heavy atom. The fourth-order valence-corrected chi connectivity index (χ4v) is 8.73. The number of unbranched alkanes of at least 4 members (excludes halogenated alkanes) is 10. The van der Waals surface area contributed by atoms with E-state index in [9.17, 15) is 13.5 Å². The summed E-state index contributed by atoms with van der Waals surface area (Å²) in [5.74, 6) is 0.113.